The van der Waals surface area contributed by atoms with E-state index in [1.165, 1.54) is 43.5 Å². The number of fused-ring (bicyclic) bond motifs is 1. The number of carbonyl (C=O) groups is 1. The van der Waals surface area contributed by atoms with Crippen molar-refractivity contribution in [2.75, 3.05) is 20.4 Å². The minimum absolute atomic E-state index is 0.0149. The summed E-state index contributed by atoms with van der Waals surface area (Å²) in [5.41, 5.74) is 1.41. The second-order valence-corrected chi connectivity index (χ2v) is 7.59. The number of hydrogen-bond donors (Lipinski definition) is 1. The highest BCUT2D eigenvalue weighted by molar-refractivity contribution is 7.89. The molecule has 0 aliphatic carbocycles. The fourth-order valence-electron chi connectivity index (χ4n) is 2.73. The van der Waals surface area contributed by atoms with Crippen molar-refractivity contribution < 1.29 is 31.8 Å². The predicted octanol–water partition coefficient (Wildman–Crippen LogP) is 2.00. The Bertz CT molecular complexity index is 943. The third kappa shape index (κ3) is 4.44. The van der Waals surface area contributed by atoms with Crippen LogP contribution in [-0.2, 0) is 32.5 Å². The van der Waals surface area contributed by atoms with Gasteiger partial charge in [0.15, 0.2) is 6.79 Å². The van der Waals surface area contributed by atoms with Gasteiger partial charge >= 0.3 is 5.97 Å². The number of sulfonamides is 1. The molecule has 0 fully saturated rings. The minimum Gasteiger partial charge on any atom is -0.467 e. The van der Waals surface area contributed by atoms with E-state index in [4.69, 9.17) is 9.47 Å². The van der Waals surface area contributed by atoms with Crippen LogP contribution >= 0.6 is 0 Å². The molecule has 1 aliphatic rings. The van der Waals surface area contributed by atoms with Gasteiger partial charge in [0.25, 0.3) is 0 Å². The molecule has 3 rings (SSSR count). The van der Waals surface area contributed by atoms with Crippen molar-refractivity contribution in [3.05, 3.63) is 58.9 Å². The van der Waals surface area contributed by atoms with Crippen LogP contribution in [0.2, 0.25) is 0 Å². The molecule has 1 N–H and O–H groups in total. The normalized spacial score (nSPS) is 13.6. The number of nitrogens with one attached hydrogen (secondary N) is 1. The maximum Gasteiger partial charge on any atom is 0.337 e. The lowest BCUT2D eigenvalue weighted by molar-refractivity contribution is -0.0172. The van der Waals surface area contributed by atoms with Gasteiger partial charge in [0.2, 0.25) is 10.0 Å². The van der Waals surface area contributed by atoms with E-state index >= 15 is 0 Å². The summed E-state index contributed by atoms with van der Waals surface area (Å²) in [5.74, 6) is -0.449. The zero-order valence-electron chi connectivity index (χ0n) is 14.5. The van der Waals surface area contributed by atoms with Gasteiger partial charge in [0.05, 0.1) is 24.2 Å². The number of rotatable bonds is 6. The first-order valence-corrected chi connectivity index (χ1v) is 9.59. The molecule has 2 aromatic carbocycles. The van der Waals surface area contributed by atoms with Crippen molar-refractivity contribution >= 4 is 16.0 Å². The van der Waals surface area contributed by atoms with Crippen molar-refractivity contribution in [2.45, 2.75) is 17.9 Å². The van der Waals surface area contributed by atoms with Crippen molar-refractivity contribution in [3.8, 4) is 5.75 Å². The largest absolute Gasteiger partial charge is 0.467 e. The molecule has 7 nitrogen and oxygen atoms in total. The molecule has 0 atom stereocenters. The Morgan fingerprint density at radius 1 is 1.26 bits per heavy atom. The average Bonchev–Trinajstić information content (AvgIpc) is 2.67. The third-order valence-electron chi connectivity index (χ3n) is 4.02. The van der Waals surface area contributed by atoms with Crippen LogP contribution < -0.4 is 9.46 Å². The van der Waals surface area contributed by atoms with Gasteiger partial charge in [-0.3, -0.25) is 0 Å². The Labute approximate surface area is 156 Å². The molecule has 1 aliphatic heterocycles. The first-order valence-electron chi connectivity index (χ1n) is 8.10. The van der Waals surface area contributed by atoms with Crippen LogP contribution in [0.15, 0.2) is 41.3 Å². The lowest BCUT2D eigenvalue weighted by Crippen LogP contribution is -2.26. The first kappa shape index (κ1) is 19.3. The molecule has 0 saturated heterocycles. The molecule has 0 radical (unpaired) electrons. The number of benzene rings is 2. The molecule has 0 bridgehead atoms. The molecule has 0 saturated carbocycles. The summed E-state index contributed by atoms with van der Waals surface area (Å²) in [6, 6.07) is 8.04. The van der Waals surface area contributed by atoms with Crippen LogP contribution in [0.25, 0.3) is 0 Å². The van der Waals surface area contributed by atoms with Crippen molar-refractivity contribution in [2.24, 2.45) is 0 Å². The molecule has 1 heterocycles. The molecular weight excluding hydrogens is 377 g/mol. The summed E-state index contributed by atoms with van der Waals surface area (Å²) in [5, 5.41) is 0. The SMILES string of the molecule is COC(=O)c1ccc(S(=O)(=O)NCCc2cc(F)cc3c2OCOC3)cc1. The smallest absolute Gasteiger partial charge is 0.337 e. The van der Waals surface area contributed by atoms with E-state index in [2.05, 4.69) is 9.46 Å². The monoisotopic (exact) mass is 395 g/mol. The van der Waals surface area contributed by atoms with Crippen molar-refractivity contribution in [1.82, 2.24) is 4.72 Å². The van der Waals surface area contributed by atoms with Crippen molar-refractivity contribution in [3.63, 3.8) is 0 Å². The van der Waals surface area contributed by atoms with Crippen LogP contribution in [-0.4, -0.2) is 34.8 Å². The lowest BCUT2D eigenvalue weighted by atomic mass is 10.1. The van der Waals surface area contributed by atoms with Gasteiger partial charge in [0.1, 0.15) is 11.6 Å². The van der Waals surface area contributed by atoms with Crippen LogP contribution in [0.3, 0.4) is 0 Å². The average molecular weight is 395 g/mol. The van der Waals surface area contributed by atoms with Gasteiger partial charge in [-0.15, -0.1) is 0 Å². The van der Waals surface area contributed by atoms with E-state index < -0.39 is 21.8 Å². The Hall–Kier alpha value is -2.49. The number of hydrogen-bond acceptors (Lipinski definition) is 6. The Kier molecular flexibility index (Phi) is 5.73. The van der Waals surface area contributed by atoms with Gasteiger partial charge < -0.3 is 14.2 Å². The standard InChI is InChI=1S/C18H18FNO6S/c1-24-18(21)12-2-4-16(5-3-12)27(22,23)20-7-6-13-8-15(19)9-14-10-25-11-26-17(13)14/h2-5,8-9,20H,6-7,10-11H2,1H3. The zero-order valence-corrected chi connectivity index (χ0v) is 15.3. The van der Waals surface area contributed by atoms with Gasteiger partial charge in [-0.2, -0.15) is 0 Å². The zero-order chi connectivity index (χ0) is 19.4. The lowest BCUT2D eigenvalue weighted by Gasteiger charge is -2.21. The van der Waals surface area contributed by atoms with E-state index in [1.54, 1.807) is 0 Å². The van der Waals surface area contributed by atoms with Crippen LogP contribution in [0.1, 0.15) is 21.5 Å². The molecule has 0 unspecified atom stereocenters. The topological polar surface area (TPSA) is 90.9 Å². The molecule has 27 heavy (non-hydrogen) atoms. The van der Waals surface area contributed by atoms with Crippen LogP contribution in [0, 0.1) is 5.82 Å². The minimum atomic E-state index is -3.77. The Morgan fingerprint density at radius 2 is 2.00 bits per heavy atom. The number of esters is 1. The first-order chi connectivity index (χ1) is 12.9. The molecule has 144 valence electrons. The maximum absolute atomic E-state index is 13.7. The van der Waals surface area contributed by atoms with Crippen molar-refractivity contribution in [1.29, 1.82) is 0 Å². The summed E-state index contributed by atoms with van der Waals surface area (Å²) in [6.45, 7) is 0.378. The Balaban J connectivity index is 1.68. The van der Waals surface area contributed by atoms with Crippen LogP contribution in [0.5, 0.6) is 5.75 Å². The third-order valence-corrected chi connectivity index (χ3v) is 5.50. The van der Waals surface area contributed by atoms with E-state index in [-0.39, 0.29) is 36.8 Å². The quantitative estimate of drug-likeness (QED) is 0.753. The molecule has 0 amide bonds. The maximum atomic E-state index is 13.7. The highest BCUT2D eigenvalue weighted by atomic mass is 32.2. The molecular formula is C18H18FNO6S. The van der Waals surface area contributed by atoms with Crippen LogP contribution in [0.4, 0.5) is 4.39 Å². The van der Waals surface area contributed by atoms with Gasteiger partial charge in [-0.25, -0.2) is 22.3 Å². The summed E-state index contributed by atoms with van der Waals surface area (Å²) >= 11 is 0. The molecule has 9 heteroatoms. The number of ether oxygens (including phenoxy) is 3. The van der Waals surface area contributed by atoms with Gasteiger partial charge in [0, 0.05) is 12.1 Å². The predicted molar refractivity (Wildman–Crippen MR) is 93.4 cm³/mol. The summed E-state index contributed by atoms with van der Waals surface area (Å²) in [7, 11) is -2.53. The summed E-state index contributed by atoms with van der Waals surface area (Å²) in [6.07, 6.45) is 0.250. The fourth-order valence-corrected chi connectivity index (χ4v) is 3.77. The highest BCUT2D eigenvalue weighted by Crippen LogP contribution is 2.29. The fraction of sp³-hybridized carbons (Fsp3) is 0.278. The highest BCUT2D eigenvalue weighted by Gasteiger charge is 2.19. The van der Waals surface area contributed by atoms with E-state index in [1.807, 2.05) is 0 Å². The number of methoxy groups -OCH3 is 1. The number of carbonyl (C=O) groups excluding carboxylic acids is 1. The summed E-state index contributed by atoms with van der Waals surface area (Å²) in [4.78, 5) is 11.4. The van der Waals surface area contributed by atoms with Gasteiger partial charge in [-0.1, -0.05) is 0 Å². The van der Waals surface area contributed by atoms with E-state index in [9.17, 15) is 17.6 Å². The second kappa shape index (κ2) is 8.03. The van der Waals surface area contributed by atoms with E-state index in [0.29, 0.717) is 16.9 Å². The van der Waals surface area contributed by atoms with Gasteiger partial charge in [-0.05, 0) is 48.4 Å². The molecule has 0 aromatic heterocycles. The Morgan fingerprint density at radius 3 is 2.70 bits per heavy atom. The molecule has 2 aromatic rings. The molecule has 0 spiro atoms. The summed E-state index contributed by atoms with van der Waals surface area (Å²) < 4.78 is 56.1. The second-order valence-electron chi connectivity index (χ2n) is 5.83. The number of halogens is 1. The van der Waals surface area contributed by atoms with E-state index in [0.717, 1.165) is 0 Å².